The van der Waals surface area contributed by atoms with Gasteiger partial charge in [0.05, 0.1) is 11.5 Å². The lowest BCUT2D eigenvalue weighted by Gasteiger charge is -2.34. The predicted molar refractivity (Wildman–Crippen MR) is 117 cm³/mol. The van der Waals surface area contributed by atoms with Gasteiger partial charge in [0.25, 0.3) is 0 Å². The Morgan fingerprint density at radius 2 is 1.77 bits per heavy atom. The lowest BCUT2D eigenvalue weighted by Crippen LogP contribution is -2.42. The average molecular weight is 417 g/mol. The van der Waals surface area contributed by atoms with Gasteiger partial charge in [0.2, 0.25) is 0 Å². The van der Waals surface area contributed by atoms with Crippen molar-refractivity contribution >= 4 is 12.1 Å². The number of amides is 1. The lowest BCUT2D eigenvalue weighted by atomic mass is 9.78. The molecule has 0 aromatic carbocycles. The fraction of sp³-hybridized carbons (Fsp3) is 0.667. The highest BCUT2D eigenvalue weighted by atomic mass is 16.6. The van der Waals surface area contributed by atoms with Crippen LogP contribution in [0.4, 0.5) is 4.79 Å². The Bertz CT molecular complexity index is 792. The van der Waals surface area contributed by atoms with Crippen LogP contribution in [0, 0.1) is 25.2 Å². The summed E-state index contributed by atoms with van der Waals surface area (Å²) in [5.41, 5.74) is 1.05. The number of rotatable bonds is 5. The number of hydrogen-bond acceptors (Lipinski definition) is 3. The number of nitrogens with zero attached hydrogens (tertiary/aromatic N) is 2. The third-order valence-corrected chi connectivity index (χ3v) is 6.56. The van der Waals surface area contributed by atoms with Gasteiger partial charge in [0.1, 0.15) is 5.60 Å². The van der Waals surface area contributed by atoms with Crippen LogP contribution < -0.4 is 0 Å². The van der Waals surface area contributed by atoms with Crippen molar-refractivity contribution in [3.63, 3.8) is 0 Å². The number of likely N-dealkylation sites (tertiary alicyclic amines) is 1. The fourth-order valence-electron chi connectivity index (χ4n) is 4.83. The Morgan fingerprint density at radius 1 is 1.17 bits per heavy atom. The van der Waals surface area contributed by atoms with Gasteiger partial charge in [-0.2, -0.15) is 0 Å². The second-order valence-corrected chi connectivity index (χ2v) is 10.0. The number of aryl methyl sites for hydroxylation is 2. The van der Waals surface area contributed by atoms with Crippen LogP contribution >= 0.6 is 0 Å². The van der Waals surface area contributed by atoms with Crippen LogP contribution in [0.3, 0.4) is 0 Å². The molecule has 30 heavy (non-hydrogen) atoms. The highest BCUT2D eigenvalue weighted by Crippen LogP contribution is 2.44. The van der Waals surface area contributed by atoms with E-state index in [0.717, 1.165) is 30.7 Å². The van der Waals surface area contributed by atoms with Gasteiger partial charge < -0.3 is 19.3 Å². The maximum absolute atomic E-state index is 12.2. The number of aliphatic carboxylic acids is 1. The van der Waals surface area contributed by atoms with Crippen LogP contribution in [-0.4, -0.2) is 45.3 Å². The van der Waals surface area contributed by atoms with Crippen LogP contribution in [0.5, 0.6) is 0 Å². The maximum Gasteiger partial charge on any atom is 0.410 e. The van der Waals surface area contributed by atoms with Gasteiger partial charge in [0, 0.05) is 24.5 Å². The first-order valence-corrected chi connectivity index (χ1v) is 11.1. The summed E-state index contributed by atoms with van der Waals surface area (Å²) < 4.78 is 7.70. The van der Waals surface area contributed by atoms with Crippen molar-refractivity contribution in [3.8, 4) is 0 Å². The molecular weight excluding hydrogens is 380 g/mol. The first kappa shape index (κ1) is 22.4. The summed E-state index contributed by atoms with van der Waals surface area (Å²) in [5.74, 6) is -0.280. The van der Waals surface area contributed by atoms with Crippen molar-refractivity contribution in [2.24, 2.45) is 11.3 Å². The molecule has 0 radical (unpaired) electrons. The Morgan fingerprint density at radius 3 is 2.30 bits per heavy atom. The van der Waals surface area contributed by atoms with Crippen LogP contribution in [0.1, 0.15) is 70.3 Å². The molecule has 1 saturated heterocycles. The molecule has 6 heteroatoms. The molecule has 2 atom stereocenters. The summed E-state index contributed by atoms with van der Waals surface area (Å²) in [5, 5.41) is 10.0. The molecule has 166 valence electrons. The number of hydrogen-bond donors (Lipinski definition) is 1. The molecule has 1 amide bonds. The molecule has 2 aliphatic rings. The Balaban J connectivity index is 1.55. The molecule has 0 spiro atoms. The number of aromatic nitrogens is 1. The summed E-state index contributed by atoms with van der Waals surface area (Å²) in [6, 6.07) is 4.27. The largest absolute Gasteiger partial charge is 0.481 e. The molecule has 0 saturated carbocycles. The third kappa shape index (κ3) is 4.90. The van der Waals surface area contributed by atoms with E-state index in [1.54, 1.807) is 4.90 Å². The van der Waals surface area contributed by atoms with E-state index < -0.39 is 17.0 Å². The maximum atomic E-state index is 12.2. The molecule has 3 rings (SSSR count). The van der Waals surface area contributed by atoms with Crippen molar-refractivity contribution in [2.45, 2.75) is 78.4 Å². The second-order valence-electron chi connectivity index (χ2n) is 10.0. The van der Waals surface area contributed by atoms with Crippen LogP contribution in [-0.2, 0) is 9.53 Å². The Labute approximate surface area is 179 Å². The summed E-state index contributed by atoms with van der Waals surface area (Å²) >= 11 is 0. The van der Waals surface area contributed by atoms with E-state index in [-0.39, 0.29) is 12.1 Å². The van der Waals surface area contributed by atoms with Crippen molar-refractivity contribution in [2.75, 3.05) is 13.1 Å². The summed E-state index contributed by atoms with van der Waals surface area (Å²) in [7, 11) is 0. The minimum absolute atomic E-state index is 0.102. The molecule has 1 aromatic heterocycles. The normalized spacial score (nSPS) is 25.0. The van der Waals surface area contributed by atoms with Gasteiger partial charge >= 0.3 is 12.1 Å². The highest BCUT2D eigenvalue weighted by Gasteiger charge is 2.42. The molecule has 1 aliphatic heterocycles. The van der Waals surface area contributed by atoms with E-state index >= 15 is 0 Å². The molecule has 1 fully saturated rings. The number of carboxylic acid groups (broad SMARTS) is 1. The molecule has 6 nitrogen and oxygen atoms in total. The first-order chi connectivity index (χ1) is 14.0. The quantitative estimate of drug-likeness (QED) is 0.678. The van der Waals surface area contributed by atoms with Gasteiger partial charge in [0.15, 0.2) is 0 Å². The minimum atomic E-state index is -0.796. The van der Waals surface area contributed by atoms with Gasteiger partial charge in [-0.25, -0.2) is 4.79 Å². The lowest BCUT2D eigenvalue weighted by molar-refractivity contribution is -0.146. The number of carboxylic acids is 1. The zero-order chi connectivity index (χ0) is 22.1. The first-order valence-electron chi connectivity index (χ1n) is 11.1. The number of allylic oxidation sites excluding steroid dienone is 1. The van der Waals surface area contributed by atoms with Crippen molar-refractivity contribution < 1.29 is 19.4 Å². The zero-order valence-corrected chi connectivity index (χ0v) is 19.0. The van der Waals surface area contributed by atoms with Crippen molar-refractivity contribution in [1.82, 2.24) is 9.47 Å². The van der Waals surface area contributed by atoms with Gasteiger partial charge in [-0.3, -0.25) is 4.79 Å². The number of carbonyl (C=O) groups excluding carboxylic acids is 1. The minimum Gasteiger partial charge on any atom is -0.481 e. The van der Waals surface area contributed by atoms with E-state index in [1.807, 2.05) is 26.8 Å². The number of carbonyl (C=O) groups is 2. The summed E-state index contributed by atoms with van der Waals surface area (Å²) in [6.07, 6.45) is 7.67. The van der Waals surface area contributed by atoms with Gasteiger partial charge in [-0.05, 0) is 84.8 Å². The van der Waals surface area contributed by atoms with E-state index in [0.29, 0.717) is 31.8 Å². The van der Waals surface area contributed by atoms with E-state index in [2.05, 4.69) is 36.6 Å². The standard InChI is InChI=1S/C24H36N2O4/c1-17-6-7-18(2)26(17)20-9-13-24(16-20,21(27)28)12-8-19-10-14-25(15-11-19)22(29)30-23(3,4)5/h6-7,9,13,19-20H,8,10-12,14-16H2,1-5H3,(H,27,28)/t20-,24+/m1/s1. The number of piperidine rings is 1. The van der Waals surface area contributed by atoms with E-state index in [4.69, 9.17) is 4.74 Å². The SMILES string of the molecule is Cc1ccc(C)n1[C@@H]1C=C[C@](CCC2CCN(C(=O)OC(C)(C)C)CC2)(C(=O)O)C1. The molecule has 0 unspecified atom stereocenters. The van der Waals surface area contributed by atoms with E-state index in [1.165, 1.54) is 0 Å². The Kier molecular flexibility index (Phi) is 6.34. The highest BCUT2D eigenvalue weighted by molar-refractivity contribution is 5.78. The number of ether oxygens (including phenoxy) is 1. The van der Waals surface area contributed by atoms with Gasteiger partial charge in [-0.1, -0.05) is 12.2 Å². The van der Waals surface area contributed by atoms with Crippen LogP contribution in [0.15, 0.2) is 24.3 Å². The van der Waals surface area contributed by atoms with Crippen LogP contribution in [0.25, 0.3) is 0 Å². The fourth-order valence-corrected chi connectivity index (χ4v) is 4.83. The van der Waals surface area contributed by atoms with Crippen LogP contribution in [0.2, 0.25) is 0 Å². The van der Waals surface area contributed by atoms with E-state index in [9.17, 15) is 14.7 Å². The third-order valence-electron chi connectivity index (χ3n) is 6.56. The molecule has 1 aromatic rings. The molecular formula is C24H36N2O4. The smallest absolute Gasteiger partial charge is 0.410 e. The summed E-state index contributed by atoms with van der Waals surface area (Å²) in [4.78, 5) is 26.2. The average Bonchev–Trinajstić information content (AvgIpc) is 3.23. The van der Waals surface area contributed by atoms with Crippen molar-refractivity contribution in [3.05, 3.63) is 35.7 Å². The molecule has 2 heterocycles. The van der Waals surface area contributed by atoms with Crippen molar-refractivity contribution in [1.29, 1.82) is 0 Å². The molecule has 1 aliphatic carbocycles. The molecule has 1 N–H and O–H groups in total. The molecule has 0 bridgehead atoms. The summed E-state index contributed by atoms with van der Waals surface area (Å²) in [6.45, 7) is 11.1. The second kappa shape index (κ2) is 8.48. The predicted octanol–water partition coefficient (Wildman–Crippen LogP) is 5.10. The topological polar surface area (TPSA) is 71.8 Å². The monoisotopic (exact) mass is 416 g/mol. The van der Waals surface area contributed by atoms with Gasteiger partial charge in [-0.15, -0.1) is 0 Å². The zero-order valence-electron chi connectivity index (χ0n) is 19.0. The Hall–Kier alpha value is -2.24.